The molecule has 1 aromatic heterocycles. The van der Waals surface area contributed by atoms with E-state index < -0.39 is 0 Å². The van der Waals surface area contributed by atoms with E-state index in [0.717, 1.165) is 18.7 Å². The zero-order valence-corrected chi connectivity index (χ0v) is 9.39. The second kappa shape index (κ2) is 5.39. The molecule has 2 rings (SSSR count). The van der Waals surface area contributed by atoms with Gasteiger partial charge >= 0.3 is 0 Å². The number of ether oxygens (including phenoxy) is 1. The van der Waals surface area contributed by atoms with Crippen molar-refractivity contribution in [1.29, 1.82) is 0 Å². The van der Waals surface area contributed by atoms with Gasteiger partial charge in [-0.1, -0.05) is 0 Å². The van der Waals surface area contributed by atoms with E-state index in [2.05, 4.69) is 5.32 Å². The van der Waals surface area contributed by atoms with Crippen molar-refractivity contribution in [2.75, 3.05) is 19.8 Å². The Hall–Kier alpha value is -0.710. The van der Waals surface area contributed by atoms with Crippen LogP contribution in [-0.4, -0.2) is 31.6 Å². The molecule has 0 saturated carbocycles. The van der Waals surface area contributed by atoms with E-state index in [1.54, 1.807) is 11.3 Å². The molecule has 0 radical (unpaired) electrons. The van der Waals surface area contributed by atoms with Gasteiger partial charge < -0.3 is 10.1 Å². The van der Waals surface area contributed by atoms with Crippen molar-refractivity contribution in [3.8, 4) is 0 Å². The molecule has 1 unspecified atom stereocenters. The maximum absolute atomic E-state index is 11.7. The van der Waals surface area contributed by atoms with Crippen LogP contribution in [0.4, 0.5) is 0 Å². The van der Waals surface area contributed by atoms with Gasteiger partial charge in [-0.15, -0.1) is 0 Å². The van der Waals surface area contributed by atoms with Crippen LogP contribution >= 0.6 is 11.3 Å². The van der Waals surface area contributed by atoms with Crippen LogP contribution in [0.5, 0.6) is 0 Å². The van der Waals surface area contributed by atoms with Crippen molar-refractivity contribution in [2.24, 2.45) is 0 Å². The fourth-order valence-electron chi connectivity index (χ4n) is 1.72. The zero-order valence-electron chi connectivity index (χ0n) is 8.57. The number of nitrogens with one attached hydrogen (secondary N) is 1. The third-order valence-electron chi connectivity index (χ3n) is 2.45. The van der Waals surface area contributed by atoms with Gasteiger partial charge in [-0.05, 0) is 22.4 Å². The molecule has 0 aliphatic carbocycles. The lowest BCUT2D eigenvalue weighted by molar-refractivity contribution is -0.119. The van der Waals surface area contributed by atoms with Crippen molar-refractivity contribution in [3.05, 3.63) is 22.4 Å². The summed E-state index contributed by atoms with van der Waals surface area (Å²) in [5.74, 6) is 0.288. The maximum atomic E-state index is 11.7. The van der Waals surface area contributed by atoms with Crippen molar-refractivity contribution in [1.82, 2.24) is 5.32 Å². The third-order valence-corrected chi connectivity index (χ3v) is 3.19. The monoisotopic (exact) mass is 225 g/mol. The second-order valence-electron chi connectivity index (χ2n) is 3.78. The molecule has 82 valence electrons. The van der Waals surface area contributed by atoms with E-state index in [0.29, 0.717) is 19.4 Å². The summed E-state index contributed by atoms with van der Waals surface area (Å²) in [4.78, 5) is 11.7. The van der Waals surface area contributed by atoms with Crippen molar-refractivity contribution < 1.29 is 9.53 Å². The van der Waals surface area contributed by atoms with Crippen LogP contribution in [0.15, 0.2) is 16.8 Å². The molecule has 1 aliphatic heterocycles. The van der Waals surface area contributed by atoms with Gasteiger partial charge in [0.25, 0.3) is 0 Å². The average molecular weight is 225 g/mol. The van der Waals surface area contributed by atoms with Gasteiger partial charge in [0.15, 0.2) is 0 Å². The molecule has 1 aliphatic rings. The maximum Gasteiger partial charge on any atom is 0.138 e. The van der Waals surface area contributed by atoms with Gasteiger partial charge in [-0.2, -0.15) is 11.3 Å². The van der Waals surface area contributed by atoms with Gasteiger partial charge in [-0.3, -0.25) is 4.79 Å². The van der Waals surface area contributed by atoms with Gasteiger partial charge in [-0.25, -0.2) is 0 Å². The minimum Gasteiger partial charge on any atom is -0.379 e. The van der Waals surface area contributed by atoms with Crippen molar-refractivity contribution in [2.45, 2.75) is 18.9 Å². The molecule has 0 aromatic carbocycles. The van der Waals surface area contributed by atoms with E-state index in [1.807, 2.05) is 16.8 Å². The predicted molar refractivity (Wildman–Crippen MR) is 60.3 cm³/mol. The summed E-state index contributed by atoms with van der Waals surface area (Å²) in [5, 5.41) is 7.32. The molecule has 2 heterocycles. The molecule has 1 fully saturated rings. The van der Waals surface area contributed by atoms with E-state index in [-0.39, 0.29) is 11.8 Å². The number of rotatable bonds is 4. The molecule has 1 aromatic rings. The van der Waals surface area contributed by atoms with E-state index in [4.69, 9.17) is 4.74 Å². The predicted octanol–water partition coefficient (Wildman–Crippen LogP) is 1.24. The lowest BCUT2D eigenvalue weighted by atomic mass is 10.1. The molecule has 0 amide bonds. The Labute approximate surface area is 93.4 Å². The SMILES string of the molecule is O=C(Cc1ccsc1)CC1COCCN1. The first-order valence-corrected chi connectivity index (χ1v) is 6.13. The molecule has 1 atom stereocenters. The topological polar surface area (TPSA) is 38.3 Å². The second-order valence-corrected chi connectivity index (χ2v) is 4.56. The Morgan fingerprint density at radius 1 is 1.67 bits per heavy atom. The van der Waals surface area contributed by atoms with Crippen molar-refractivity contribution >= 4 is 17.1 Å². The summed E-state index contributed by atoms with van der Waals surface area (Å²) in [6.07, 6.45) is 1.14. The largest absolute Gasteiger partial charge is 0.379 e. The van der Waals surface area contributed by atoms with Crippen LogP contribution in [0.25, 0.3) is 0 Å². The molecule has 3 nitrogen and oxygen atoms in total. The highest BCUT2D eigenvalue weighted by Crippen LogP contribution is 2.09. The fraction of sp³-hybridized carbons (Fsp3) is 0.545. The highest BCUT2D eigenvalue weighted by atomic mass is 32.1. The normalized spacial score (nSPS) is 21.5. The molecule has 4 heteroatoms. The Morgan fingerprint density at radius 3 is 3.27 bits per heavy atom. The van der Waals surface area contributed by atoms with Crippen LogP contribution in [-0.2, 0) is 16.0 Å². The Morgan fingerprint density at radius 2 is 2.60 bits per heavy atom. The Bertz CT molecular complexity index is 304. The van der Waals surface area contributed by atoms with Crippen LogP contribution in [0.3, 0.4) is 0 Å². The first kappa shape index (κ1) is 10.8. The molecular weight excluding hydrogens is 210 g/mol. The number of morpholine rings is 1. The number of thiophene rings is 1. The van der Waals surface area contributed by atoms with E-state index in [9.17, 15) is 4.79 Å². The minimum absolute atomic E-state index is 0.213. The summed E-state index contributed by atoms with van der Waals surface area (Å²) in [6, 6.07) is 2.22. The van der Waals surface area contributed by atoms with Gasteiger partial charge in [0.2, 0.25) is 0 Å². The quantitative estimate of drug-likeness (QED) is 0.838. The third kappa shape index (κ3) is 3.41. The van der Waals surface area contributed by atoms with Gasteiger partial charge in [0, 0.05) is 25.4 Å². The molecule has 0 bridgehead atoms. The molecular formula is C11H15NO2S. The number of ketones is 1. The number of carbonyl (C=O) groups excluding carboxylic acids is 1. The summed E-state index contributed by atoms with van der Waals surface area (Å²) in [6.45, 7) is 2.28. The molecule has 15 heavy (non-hydrogen) atoms. The number of Topliss-reactive ketones (excluding diaryl/α,β-unsaturated/α-hetero) is 1. The van der Waals surface area contributed by atoms with E-state index in [1.165, 1.54) is 0 Å². The summed E-state index contributed by atoms with van der Waals surface area (Å²) < 4.78 is 5.31. The Balaban J connectivity index is 1.76. The zero-order chi connectivity index (χ0) is 10.5. The van der Waals surface area contributed by atoms with E-state index >= 15 is 0 Å². The van der Waals surface area contributed by atoms with Gasteiger partial charge in [0.05, 0.1) is 13.2 Å². The fourth-order valence-corrected chi connectivity index (χ4v) is 2.39. The average Bonchev–Trinajstić information content (AvgIpc) is 2.71. The lowest BCUT2D eigenvalue weighted by Gasteiger charge is -2.22. The standard InChI is InChI=1S/C11H15NO2S/c13-11(5-9-1-4-15-8-9)6-10-7-14-3-2-12-10/h1,4,8,10,12H,2-3,5-7H2. The number of hydrogen-bond donors (Lipinski definition) is 1. The highest BCUT2D eigenvalue weighted by Gasteiger charge is 2.16. The minimum atomic E-state index is 0.213. The molecule has 0 spiro atoms. The van der Waals surface area contributed by atoms with Crippen LogP contribution in [0, 0.1) is 0 Å². The Kier molecular flexibility index (Phi) is 3.88. The number of carbonyl (C=O) groups is 1. The molecule has 1 N–H and O–H groups in total. The summed E-state index contributed by atoms with van der Waals surface area (Å²) in [7, 11) is 0. The summed E-state index contributed by atoms with van der Waals surface area (Å²) >= 11 is 1.64. The van der Waals surface area contributed by atoms with Crippen LogP contribution in [0.1, 0.15) is 12.0 Å². The molecule has 1 saturated heterocycles. The summed E-state index contributed by atoms with van der Waals surface area (Å²) in [5.41, 5.74) is 1.13. The lowest BCUT2D eigenvalue weighted by Crippen LogP contribution is -2.42. The smallest absolute Gasteiger partial charge is 0.138 e. The van der Waals surface area contributed by atoms with Crippen molar-refractivity contribution in [3.63, 3.8) is 0 Å². The number of hydrogen-bond acceptors (Lipinski definition) is 4. The first-order chi connectivity index (χ1) is 7.34. The first-order valence-electron chi connectivity index (χ1n) is 5.18. The van der Waals surface area contributed by atoms with Crippen LogP contribution in [0.2, 0.25) is 0 Å². The van der Waals surface area contributed by atoms with Gasteiger partial charge in [0.1, 0.15) is 5.78 Å². The van der Waals surface area contributed by atoms with Crippen LogP contribution < -0.4 is 5.32 Å². The highest BCUT2D eigenvalue weighted by molar-refractivity contribution is 7.07.